The van der Waals surface area contributed by atoms with Crippen molar-refractivity contribution in [3.8, 4) is 0 Å². The zero-order valence-corrected chi connectivity index (χ0v) is 10.8. The predicted octanol–water partition coefficient (Wildman–Crippen LogP) is 2.93. The quantitative estimate of drug-likeness (QED) is 0.653. The Bertz CT molecular complexity index is 221. The molecule has 1 atom stereocenters. The minimum Gasteiger partial charge on any atom is -0.343 e. The molecule has 0 aliphatic carbocycles. The summed E-state index contributed by atoms with van der Waals surface area (Å²) >= 11 is 0. The largest absolute Gasteiger partial charge is 0.343 e. The monoisotopic (exact) mass is 211 g/mol. The summed E-state index contributed by atoms with van der Waals surface area (Å²) in [5.41, 5.74) is 0.392. The van der Waals surface area contributed by atoms with Gasteiger partial charge in [0.1, 0.15) is 0 Å². The lowest BCUT2D eigenvalue weighted by atomic mass is 9.71. The molecule has 1 aliphatic rings. The number of carbonyl (C=O) groups is 1. The molecule has 0 bridgehead atoms. The summed E-state index contributed by atoms with van der Waals surface area (Å²) in [6.45, 7) is 12.9. The predicted molar refractivity (Wildman–Crippen MR) is 63.6 cm³/mol. The smallest absolute Gasteiger partial charge is 0.219 e. The van der Waals surface area contributed by atoms with Crippen LogP contribution in [-0.2, 0) is 4.79 Å². The molecule has 0 aromatic carbocycles. The molecular formula is C13H25NO. The lowest BCUT2D eigenvalue weighted by Gasteiger charge is -2.39. The molecule has 1 fully saturated rings. The van der Waals surface area contributed by atoms with Crippen LogP contribution in [0.15, 0.2) is 0 Å². The molecule has 1 rings (SSSR count). The van der Waals surface area contributed by atoms with Crippen molar-refractivity contribution < 1.29 is 4.79 Å². The highest BCUT2D eigenvalue weighted by molar-refractivity contribution is 5.73. The molecule has 1 amide bonds. The number of hydrogen-bond donors (Lipinski definition) is 0. The maximum atomic E-state index is 11.2. The number of likely N-dealkylation sites (tertiary alicyclic amines) is 1. The second-order valence-corrected chi connectivity index (χ2v) is 6.00. The van der Waals surface area contributed by atoms with Crippen LogP contribution in [0.1, 0.15) is 47.5 Å². The van der Waals surface area contributed by atoms with E-state index in [2.05, 4.69) is 27.7 Å². The van der Waals surface area contributed by atoms with Crippen molar-refractivity contribution in [3.63, 3.8) is 0 Å². The van der Waals surface area contributed by atoms with E-state index in [0.717, 1.165) is 24.9 Å². The first kappa shape index (κ1) is 12.5. The summed E-state index contributed by atoms with van der Waals surface area (Å²) in [5.74, 6) is 1.77. The van der Waals surface area contributed by atoms with Crippen LogP contribution >= 0.6 is 0 Å². The third-order valence-corrected chi connectivity index (χ3v) is 4.06. The number of amides is 1. The van der Waals surface area contributed by atoms with Crippen LogP contribution in [0.25, 0.3) is 0 Å². The second-order valence-electron chi connectivity index (χ2n) is 6.00. The standard InChI is InChI=1S/C13H25NO/c1-10(13(3,4)5)12-6-8-14(9-7-12)11(2)15/h10,12H,6-9H2,1-5H3/t10-/m1/s1. The Hall–Kier alpha value is -0.530. The molecule has 0 saturated carbocycles. The van der Waals surface area contributed by atoms with Crippen LogP contribution in [-0.4, -0.2) is 23.9 Å². The fraction of sp³-hybridized carbons (Fsp3) is 0.923. The molecule has 0 N–H and O–H groups in total. The average Bonchev–Trinajstić information content (AvgIpc) is 2.15. The summed E-state index contributed by atoms with van der Waals surface area (Å²) in [6, 6.07) is 0. The lowest BCUT2D eigenvalue weighted by Crippen LogP contribution is -2.40. The van der Waals surface area contributed by atoms with Gasteiger partial charge in [0.2, 0.25) is 5.91 Å². The summed E-state index contributed by atoms with van der Waals surface area (Å²) in [4.78, 5) is 13.2. The van der Waals surface area contributed by atoms with Crippen molar-refractivity contribution in [3.05, 3.63) is 0 Å². The van der Waals surface area contributed by atoms with Gasteiger partial charge >= 0.3 is 0 Å². The van der Waals surface area contributed by atoms with Crippen molar-refractivity contribution in [1.82, 2.24) is 4.90 Å². The van der Waals surface area contributed by atoms with Gasteiger partial charge in [-0.05, 0) is 30.1 Å². The van der Waals surface area contributed by atoms with Gasteiger partial charge in [-0.2, -0.15) is 0 Å². The van der Waals surface area contributed by atoms with Gasteiger partial charge in [0, 0.05) is 20.0 Å². The normalized spacial score (nSPS) is 21.5. The van der Waals surface area contributed by atoms with Crippen molar-refractivity contribution in [2.24, 2.45) is 17.3 Å². The van der Waals surface area contributed by atoms with E-state index in [9.17, 15) is 4.79 Å². The van der Waals surface area contributed by atoms with Crippen molar-refractivity contribution in [1.29, 1.82) is 0 Å². The Labute approximate surface area is 94.0 Å². The Morgan fingerprint density at radius 2 is 1.73 bits per heavy atom. The second kappa shape index (κ2) is 4.54. The number of carbonyl (C=O) groups excluding carboxylic acids is 1. The molecule has 0 radical (unpaired) electrons. The highest BCUT2D eigenvalue weighted by Crippen LogP contribution is 2.36. The first-order valence-electron chi connectivity index (χ1n) is 6.08. The first-order chi connectivity index (χ1) is 6.82. The van der Waals surface area contributed by atoms with E-state index in [4.69, 9.17) is 0 Å². The molecule has 1 aliphatic heterocycles. The molecule has 0 spiro atoms. The summed E-state index contributed by atoms with van der Waals surface area (Å²) in [7, 11) is 0. The van der Waals surface area contributed by atoms with E-state index in [1.165, 1.54) is 12.8 Å². The number of rotatable bonds is 1. The SMILES string of the molecule is CC(=O)N1CCC([C@@H](C)C(C)(C)C)CC1. The number of hydrogen-bond acceptors (Lipinski definition) is 1. The fourth-order valence-corrected chi connectivity index (χ4v) is 2.42. The van der Waals surface area contributed by atoms with E-state index in [1.807, 2.05) is 4.90 Å². The van der Waals surface area contributed by atoms with E-state index in [-0.39, 0.29) is 5.91 Å². The van der Waals surface area contributed by atoms with Gasteiger partial charge in [0.25, 0.3) is 0 Å². The summed E-state index contributed by atoms with van der Waals surface area (Å²) in [6.07, 6.45) is 2.36. The fourth-order valence-electron chi connectivity index (χ4n) is 2.42. The molecule has 0 unspecified atom stereocenters. The highest BCUT2D eigenvalue weighted by Gasteiger charge is 2.31. The van der Waals surface area contributed by atoms with Crippen LogP contribution in [0.5, 0.6) is 0 Å². The van der Waals surface area contributed by atoms with Gasteiger partial charge in [-0.1, -0.05) is 27.7 Å². The summed E-state index contributed by atoms with van der Waals surface area (Å²) in [5, 5.41) is 0. The van der Waals surface area contributed by atoms with E-state index < -0.39 is 0 Å². The molecule has 2 nitrogen and oxygen atoms in total. The van der Waals surface area contributed by atoms with Gasteiger partial charge < -0.3 is 4.90 Å². The van der Waals surface area contributed by atoms with Crippen LogP contribution in [0.2, 0.25) is 0 Å². The van der Waals surface area contributed by atoms with E-state index >= 15 is 0 Å². The third kappa shape index (κ3) is 3.22. The van der Waals surface area contributed by atoms with Crippen molar-refractivity contribution in [2.45, 2.75) is 47.5 Å². The Morgan fingerprint density at radius 3 is 2.07 bits per heavy atom. The van der Waals surface area contributed by atoms with Gasteiger partial charge in [-0.15, -0.1) is 0 Å². The Kier molecular flexibility index (Phi) is 3.80. The summed E-state index contributed by atoms with van der Waals surface area (Å²) < 4.78 is 0. The third-order valence-electron chi connectivity index (χ3n) is 4.06. The molecule has 1 saturated heterocycles. The average molecular weight is 211 g/mol. The van der Waals surface area contributed by atoms with E-state index in [0.29, 0.717) is 5.41 Å². The molecular weight excluding hydrogens is 186 g/mol. The highest BCUT2D eigenvalue weighted by atomic mass is 16.2. The number of piperidine rings is 1. The van der Waals surface area contributed by atoms with Crippen LogP contribution in [0, 0.1) is 17.3 Å². The Morgan fingerprint density at radius 1 is 1.27 bits per heavy atom. The van der Waals surface area contributed by atoms with Crippen LogP contribution in [0.4, 0.5) is 0 Å². The molecule has 15 heavy (non-hydrogen) atoms. The van der Waals surface area contributed by atoms with Crippen LogP contribution in [0.3, 0.4) is 0 Å². The topological polar surface area (TPSA) is 20.3 Å². The van der Waals surface area contributed by atoms with Crippen molar-refractivity contribution >= 4 is 5.91 Å². The lowest BCUT2D eigenvalue weighted by molar-refractivity contribution is -0.130. The van der Waals surface area contributed by atoms with Gasteiger partial charge in [-0.25, -0.2) is 0 Å². The first-order valence-corrected chi connectivity index (χ1v) is 6.08. The number of nitrogens with zero attached hydrogens (tertiary/aromatic N) is 1. The minimum atomic E-state index is 0.233. The maximum absolute atomic E-state index is 11.2. The molecule has 0 aromatic heterocycles. The molecule has 1 heterocycles. The van der Waals surface area contributed by atoms with Crippen LogP contribution < -0.4 is 0 Å². The van der Waals surface area contributed by atoms with Gasteiger partial charge in [-0.3, -0.25) is 4.79 Å². The maximum Gasteiger partial charge on any atom is 0.219 e. The zero-order chi connectivity index (χ0) is 11.6. The molecule has 2 heteroatoms. The molecule has 88 valence electrons. The van der Waals surface area contributed by atoms with Gasteiger partial charge in [0.15, 0.2) is 0 Å². The molecule has 0 aromatic rings. The zero-order valence-electron chi connectivity index (χ0n) is 10.8. The van der Waals surface area contributed by atoms with E-state index in [1.54, 1.807) is 6.92 Å². The Balaban J connectivity index is 2.47. The van der Waals surface area contributed by atoms with Crippen molar-refractivity contribution in [2.75, 3.05) is 13.1 Å². The minimum absolute atomic E-state index is 0.233. The van der Waals surface area contributed by atoms with Gasteiger partial charge in [0.05, 0.1) is 0 Å².